The van der Waals surface area contributed by atoms with Crippen LogP contribution < -0.4 is 4.90 Å². The molecule has 1 saturated heterocycles. The predicted octanol–water partition coefficient (Wildman–Crippen LogP) is 1.67. The number of phenolic OH excluding ortho intramolecular Hbond substituents is 1. The standard InChI is InChI=1S/C31H34N2O7/c1-15(34)24-23(35)11-20-8-18-9-21-22(32(2)3)10-19(14-33-12-16-6-4-5-7-17(16)13-33)27(36)26(21)28(37)25(18)30(39)31(20,40)29(24)38/h4-7,10,16-18,20,24-25,36,40H,8-9,11-14H2,1-3H3/t16?,17?,18-,20+,24?,25?,31-/m1/s1. The van der Waals surface area contributed by atoms with Gasteiger partial charge in [-0.05, 0) is 49.1 Å². The van der Waals surface area contributed by atoms with E-state index in [1.165, 1.54) is 0 Å². The quantitative estimate of drug-likeness (QED) is 0.541. The molecule has 9 nitrogen and oxygen atoms in total. The Morgan fingerprint density at radius 1 is 1.05 bits per heavy atom. The smallest absolute Gasteiger partial charge is 0.190 e. The molecule has 0 amide bonds. The van der Waals surface area contributed by atoms with E-state index < -0.39 is 58.2 Å². The molecule has 9 heteroatoms. The van der Waals surface area contributed by atoms with Crippen molar-refractivity contribution in [3.8, 4) is 5.75 Å². The molecular weight excluding hydrogens is 512 g/mol. The number of allylic oxidation sites excluding steroid dienone is 2. The Labute approximate surface area is 232 Å². The van der Waals surface area contributed by atoms with Gasteiger partial charge in [0.1, 0.15) is 17.5 Å². The van der Waals surface area contributed by atoms with Crippen LogP contribution in [-0.2, 0) is 32.1 Å². The van der Waals surface area contributed by atoms with E-state index in [4.69, 9.17) is 0 Å². The van der Waals surface area contributed by atoms with Crippen molar-refractivity contribution in [3.63, 3.8) is 0 Å². The molecule has 2 saturated carbocycles. The highest BCUT2D eigenvalue weighted by atomic mass is 16.3. The Morgan fingerprint density at radius 3 is 2.30 bits per heavy atom. The summed E-state index contributed by atoms with van der Waals surface area (Å²) in [5.41, 5.74) is -0.518. The second-order valence-corrected chi connectivity index (χ2v) is 12.4. The zero-order valence-electron chi connectivity index (χ0n) is 22.9. The maximum absolute atomic E-state index is 14.1. The summed E-state index contributed by atoms with van der Waals surface area (Å²) in [6.45, 7) is 3.16. The molecule has 7 atom stereocenters. The van der Waals surface area contributed by atoms with Crippen molar-refractivity contribution >= 4 is 34.6 Å². The molecule has 2 N–H and O–H groups in total. The molecule has 0 bridgehead atoms. The van der Waals surface area contributed by atoms with Gasteiger partial charge in [-0.2, -0.15) is 0 Å². The van der Waals surface area contributed by atoms with Gasteiger partial charge in [-0.15, -0.1) is 0 Å². The molecule has 0 radical (unpaired) electrons. The van der Waals surface area contributed by atoms with E-state index in [1.54, 1.807) is 0 Å². The predicted molar refractivity (Wildman–Crippen MR) is 145 cm³/mol. The second kappa shape index (κ2) is 9.31. The first-order valence-corrected chi connectivity index (χ1v) is 13.9. The Hall–Kier alpha value is -3.43. The molecule has 6 rings (SSSR count). The number of aliphatic hydroxyl groups is 1. The minimum atomic E-state index is -2.57. The number of likely N-dealkylation sites (tertiary alicyclic amines) is 1. The molecule has 1 aliphatic heterocycles. The molecule has 4 unspecified atom stereocenters. The number of nitrogens with zero attached hydrogens (tertiary/aromatic N) is 2. The van der Waals surface area contributed by atoms with Crippen molar-refractivity contribution < 1.29 is 34.2 Å². The van der Waals surface area contributed by atoms with E-state index in [0.717, 1.165) is 25.7 Å². The van der Waals surface area contributed by atoms with E-state index in [-0.39, 0.29) is 30.6 Å². The number of benzene rings is 1. The molecule has 1 aromatic carbocycles. The van der Waals surface area contributed by atoms with Gasteiger partial charge in [0.15, 0.2) is 28.7 Å². The number of rotatable bonds is 4. The van der Waals surface area contributed by atoms with Crippen molar-refractivity contribution in [3.05, 3.63) is 47.1 Å². The summed E-state index contributed by atoms with van der Waals surface area (Å²) in [7, 11) is 3.72. The number of hydrogen-bond acceptors (Lipinski definition) is 9. The van der Waals surface area contributed by atoms with Gasteiger partial charge in [-0.1, -0.05) is 24.3 Å². The summed E-state index contributed by atoms with van der Waals surface area (Å²) in [5, 5.41) is 23.0. The Kier molecular flexibility index (Phi) is 6.23. The van der Waals surface area contributed by atoms with Crippen LogP contribution >= 0.6 is 0 Å². The van der Waals surface area contributed by atoms with Gasteiger partial charge in [0.05, 0.1) is 11.5 Å². The van der Waals surface area contributed by atoms with Crippen molar-refractivity contribution in [2.45, 2.75) is 38.3 Å². The van der Waals surface area contributed by atoms with Crippen molar-refractivity contribution in [1.82, 2.24) is 4.90 Å². The first-order valence-electron chi connectivity index (χ1n) is 13.9. The lowest BCUT2D eigenvalue weighted by Gasteiger charge is -2.49. The van der Waals surface area contributed by atoms with Gasteiger partial charge >= 0.3 is 0 Å². The third-order valence-corrected chi connectivity index (χ3v) is 9.77. The maximum Gasteiger partial charge on any atom is 0.190 e. The average molecular weight is 547 g/mol. The van der Waals surface area contributed by atoms with Crippen LogP contribution in [0.4, 0.5) is 5.69 Å². The number of carbonyl (C=O) groups excluding carboxylic acids is 5. The lowest BCUT2D eigenvalue weighted by Crippen LogP contribution is -2.67. The van der Waals surface area contributed by atoms with Crippen LogP contribution in [0.1, 0.15) is 41.3 Å². The number of ketones is 5. The van der Waals surface area contributed by atoms with Gasteiger partial charge < -0.3 is 15.1 Å². The number of Topliss-reactive ketones (excluding diaryl/α,β-unsaturated/α-hetero) is 5. The highest BCUT2D eigenvalue weighted by molar-refractivity contribution is 6.31. The fraction of sp³-hybridized carbons (Fsp3) is 0.516. The molecule has 4 aliphatic carbocycles. The van der Waals surface area contributed by atoms with Crippen LogP contribution in [0.2, 0.25) is 0 Å². The van der Waals surface area contributed by atoms with Gasteiger partial charge in [0.25, 0.3) is 0 Å². The molecule has 5 aliphatic rings. The van der Waals surface area contributed by atoms with Crippen LogP contribution in [0, 0.1) is 35.5 Å². The third-order valence-electron chi connectivity index (χ3n) is 9.77. The van der Waals surface area contributed by atoms with E-state index in [1.807, 2.05) is 37.2 Å². The lowest BCUT2D eigenvalue weighted by molar-refractivity contribution is -0.175. The highest BCUT2D eigenvalue weighted by Crippen LogP contribution is 2.51. The van der Waals surface area contributed by atoms with Crippen LogP contribution in [0.5, 0.6) is 5.75 Å². The summed E-state index contributed by atoms with van der Waals surface area (Å²) < 4.78 is 0. The SMILES string of the molecule is CC(=O)C1C(=O)C[C@@H]2C[C@@H]3Cc4c(N(C)C)cc(CN5CC6C=CC=CC6C5)c(O)c4C(=O)C3C(=O)[C@]2(O)C1=O. The minimum Gasteiger partial charge on any atom is -0.507 e. The Morgan fingerprint density at radius 2 is 1.70 bits per heavy atom. The van der Waals surface area contributed by atoms with Crippen molar-refractivity contribution in [2.24, 2.45) is 35.5 Å². The van der Waals surface area contributed by atoms with Crippen molar-refractivity contribution in [2.75, 3.05) is 32.1 Å². The third kappa shape index (κ3) is 3.78. The average Bonchev–Trinajstić information content (AvgIpc) is 3.30. The number of carbonyl (C=O) groups is 5. The summed E-state index contributed by atoms with van der Waals surface area (Å²) in [5.74, 6) is -7.91. The largest absolute Gasteiger partial charge is 0.507 e. The number of hydrogen-bond donors (Lipinski definition) is 2. The Balaban J connectivity index is 1.38. The zero-order valence-corrected chi connectivity index (χ0v) is 22.9. The number of anilines is 1. The first-order chi connectivity index (χ1) is 18.9. The van der Waals surface area contributed by atoms with Gasteiger partial charge in [-0.3, -0.25) is 28.9 Å². The summed E-state index contributed by atoms with van der Waals surface area (Å²) >= 11 is 0. The molecule has 1 aromatic rings. The molecule has 0 spiro atoms. The van der Waals surface area contributed by atoms with Gasteiger partial charge in [0, 0.05) is 57.3 Å². The monoisotopic (exact) mass is 546 g/mol. The minimum absolute atomic E-state index is 0.0664. The summed E-state index contributed by atoms with van der Waals surface area (Å²) in [6.07, 6.45) is 8.61. The van der Waals surface area contributed by atoms with Crippen LogP contribution in [0.3, 0.4) is 0 Å². The normalized spacial score (nSPS) is 34.8. The number of phenols is 1. The Bertz CT molecular complexity index is 1400. The molecule has 40 heavy (non-hydrogen) atoms. The highest BCUT2D eigenvalue weighted by Gasteiger charge is 2.65. The van der Waals surface area contributed by atoms with Gasteiger partial charge in [-0.25, -0.2) is 0 Å². The van der Waals surface area contributed by atoms with E-state index in [0.29, 0.717) is 29.5 Å². The molecular formula is C31H34N2O7. The zero-order chi connectivity index (χ0) is 28.7. The van der Waals surface area contributed by atoms with Crippen LogP contribution in [-0.4, -0.2) is 76.8 Å². The van der Waals surface area contributed by atoms with Crippen molar-refractivity contribution in [1.29, 1.82) is 0 Å². The fourth-order valence-electron chi connectivity index (χ4n) is 7.84. The molecule has 210 valence electrons. The van der Waals surface area contributed by atoms with Crippen LogP contribution in [0.15, 0.2) is 30.4 Å². The van der Waals surface area contributed by atoms with Gasteiger partial charge in [0.2, 0.25) is 0 Å². The van der Waals surface area contributed by atoms with E-state index in [2.05, 4.69) is 17.1 Å². The summed E-state index contributed by atoms with van der Waals surface area (Å²) in [4.78, 5) is 70.0. The number of aromatic hydroxyl groups is 1. The summed E-state index contributed by atoms with van der Waals surface area (Å²) in [6, 6.07) is 1.90. The topological polar surface area (TPSA) is 132 Å². The molecule has 0 aromatic heterocycles. The number of fused-ring (bicyclic) bond motifs is 4. The van der Waals surface area contributed by atoms with Crippen LogP contribution in [0.25, 0.3) is 0 Å². The first kappa shape index (κ1) is 26.8. The molecule has 1 heterocycles. The lowest BCUT2D eigenvalue weighted by atomic mass is 9.53. The molecule has 3 fully saturated rings. The maximum atomic E-state index is 14.1. The second-order valence-electron chi connectivity index (χ2n) is 12.4. The fourth-order valence-corrected chi connectivity index (χ4v) is 7.84. The van der Waals surface area contributed by atoms with E-state index in [9.17, 15) is 34.2 Å². The van der Waals surface area contributed by atoms with E-state index >= 15 is 0 Å².